The number of nitrogens with one attached hydrogen (secondary N) is 1. The molecule has 2 fully saturated rings. The van der Waals surface area contributed by atoms with E-state index in [1.54, 1.807) is 34.6 Å². The van der Waals surface area contributed by atoms with Crippen LogP contribution in [0.15, 0.2) is 6.20 Å². The average Bonchev–Trinajstić information content (AvgIpc) is 3.01. The van der Waals surface area contributed by atoms with Crippen LogP contribution in [0.1, 0.15) is 30.6 Å². The zero-order valence-corrected chi connectivity index (χ0v) is 18.0. The fourth-order valence-electron chi connectivity index (χ4n) is 3.79. The van der Waals surface area contributed by atoms with Crippen molar-refractivity contribution in [1.29, 1.82) is 0 Å². The minimum absolute atomic E-state index is 0.257. The van der Waals surface area contributed by atoms with Crippen molar-refractivity contribution in [3.8, 4) is 0 Å². The first-order valence-electron chi connectivity index (χ1n) is 9.60. The standard InChI is InChI=1S/C17H28N6O5S/c1-5-28-17(25)23-8-6-22(7-9-23)16(24)15-10-14(19-29(26,27)21(15)4)13-11-20(3)18-12(13)2/h11,14-15,19H,5-10H2,1-4H3. The molecule has 12 heteroatoms. The van der Waals surface area contributed by atoms with Gasteiger partial charge in [-0.25, -0.2) is 4.79 Å². The molecule has 2 atom stereocenters. The van der Waals surface area contributed by atoms with Crippen LogP contribution in [0.5, 0.6) is 0 Å². The van der Waals surface area contributed by atoms with Crippen molar-refractivity contribution >= 4 is 22.2 Å². The Labute approximate surface area is 170 Å². The number of ether oxygens (including phenoxy) is 1. The number of carbonyl (C=O) groups excluding carboxylic acids is 2. The molecule has 0 aliphatic carbocycles. The van der Waals surface area contributed by atoms with Crippen molar-refractivity contribution in [2.45, 2.75) is 32.4 Å². The topological polar surface area (TPSA) is 117 Å². The lowest BCUT2D eigenvalue weighted by Gasteiger charge is -2.40. The SMILES string of the molecule is CCOC(=O)N1CCN(C(=O)C2CC(c3cn(C)nc3C)NS(=O)(=O)N2C)CC1. The Morgan fingerprint density at radius 2 is 1.83 bits per heavy atom. The van der Waals surface area contributed by atoms with Gasteiger partial charge >= 0.3 is 6.09 Å². The van der Waals surface area contributed by atoms with E-state index >= 15 is 0 Å². The van der Waals surface area contributed by atoms with E-state index in [4.69, 9.17) is 4.74 Å². The van der Waals surface area contributed by atoms with Gasteiger partial charge in [0.05, 0.1) is 18.3 Å². The minimum atomic E-state index is -3.82. The van der Waals surface area contributed by atoms with Gasteiger partial charge in [-0.1, -0.05) is 0 Å². The smallest absolute Gasteiger partial charge is 0.409 e. The Hall–Kier alpha value is -2.18. The molecule has 2 aliphatic heterocycles. The normalized spacial score (nSPS) is 25.1. The second-order valence-corrected chi connectivity index (χ2v) is 9.06. The number of likely N-dealkylation sites (N-methyl/N-ethyl adjacent to an activating group) is 1. The van der Waals surface area contributed by atoms with Crippen LogP contribution in [0, 0.1) is 6.92 Å². The Morgan fingerprint density at radius 3 is 2.38 bits per heavy atom. The highest BCUT2D eigenvalue weighted by Gasteiger charge is 2.43. The van der Waals surface area contributed by atoms with Gasteiger partial charge in [0.25, 0.3) is 10.2 Å². The summed E-state index contributed by atoms with van der Waals surface area (Å²) in [5, 5.41) is 4.28. The molecule has 1 aromatic rings. The molecule has 3 rings (SSSR count). The van der Waals surface area contributed by atoms with E-state index in [-0.39, 0.29) is 5.91 Å². The predicted molar refractivity (Wildman–Crippen MR) is 104 cm³/mol. The van der Waals surface area contributed by atoms with Crippen LogP contribution in [-0.2, 0) is 26.8 Å². The van der Waals surface area contributed by atoms with Crippen LogP contribution in [0.4, 0.5) is 4.79 Å². The second kappa shape index (κ2) is 8.28. The molecule has 0 aromatic carbocycles. The van der Waals surface area contributed by atoms with Crippen molar-refractivity contribution in [2.75, 3.05) is 39.8 Å². The van der Waals surface area contributed by atoms with Crippen LogP contribution in [0.2, 0.25) is 0 Å². The van der Waals surface area contributed by atoms with E-state index in [9.17, 15) is 18.0 Å². The molecule has 0 radical (unpaired) electrons. The number of carbonyl (C=O) groups is 2. The summed E-state index contributed by atoms with van der Waals surface area (Å²) in [6, 6.07) is -1.35. The van der Waals surface area contributed by atoms with Crippen molar-refractivity contribution < 1.29 is 22.7 Å². The highest BCUT2D eigenvalue weighted by molar-refractivity contribution is 7.87. The van der Waals surface area contributed by atoms with Gasteiger partial charge in [0, 0.05) is 52.0 Å². The van der Waals surface area contributed by atoms with E-state index in [0.717, 1.165) is 15.6 Å². The minimum Gasteiger partial charge on any atom is -0.450 e. The van der Waals surface area contributed by atoms with Gasteiger partial charge in [0.2, 0.25) is 5.91 Å². The summed E-state index contributed by atoms with van der Waals surface area (Å²) >= 11 is 0. The largest absolute Gasteiger partial charge is 0.450 e. The lowest BCUT2D eigenvalue weighted by Crippen LogP contribution is -2.60. The first-order valence-corrected chi connectivity index (χ1v) is 11.0. The van der Waals surface area contributed by atoms with Crippen LogP contribution >= 0.6 is 0 Å². The van der Waals surface area contributed by atoms with E-state index in [1.165, 1.54) is 7.05 Å². The molecular formula is C17H28N6O5S. The lowest BCUT2D eigenvalue weighted by molar-refractivity contribution is -0.137. The molecule has 29 heavy (non-hydrogen) atoms. The molecule has 11 nitrogen and oxygen atoms in total. The van der Waals surface area contributed by atoms with Crippen molar-refractivity contribution in [2.24, 2.45) is 7.05 Å². The molecule has 1 aromatic heterocycles. The van der Waals surface area contributed by atoms with Gasteiger partial charge in [-0.3, -0.25) is 9.48 Å². The Balaban J connectivity index is 1.73. The fraction of sp³-hybridized carbons (Fsp3) is 0.706. The highest BCUT2D eigenvalue weighted by Crippen LogP contribution is 2.30. The molecule has 0 saturated carbocycles. The van der Waals surface area contributed by atoms with E-state index in [0.29, 0.717) is 39.2 Å². The predicted octanol–water partition coefficient (Wildman–Crippen LogP) is -0.391. The molecule has 0 spiro atoms. The third-order valence-corrected chi connectivity index (χ3v) is 6.99. The number of aromatic nitrogens is 2. The molecule has 2 saturated heterocycles. The summed E-state index contributed by atoms with van der Waals surface area (Å²) in [4.78, 5) is 28.2. The van der Waals surface area contributed by atoms with Crippen molar-refractivity contribution in [3.63, 3.8) is 0 Å². The number of hydrogen-bond acceptors (Lipinski definition) is 6. The number of amides is 2. The van der Waals surface area contributed by atoms with E-state index in [2.05, 4.69) is 9.82 Å². The maximum Gasteiger partial charge on any atom is 0.409 e. The Bertz CT molecular complexity index is 877. The first-order chi connectivity index (χ1) is 13.6. The third-order valence-electron chi connectivity index (χ3n) is 5.40. The summed E-state index contributed by atoms with van der Waals surface area (Å²) in [6.45, 7) is 5.25. The van der Waals surface area contributed by atoms with Gasteiger partial charge in [-0.15, -0.1) is 0 Å². The molecule has 2 unspecified atom stereocenters. The summed E-state index contributed by atoms with van der Waals surface area (Å²) in [5.41, 5.74) is 1.48. The fourth-order valence-corrected chi connectivity index (χ4v) is 5.05. The van der Waals surface area contributed by atoms with E-state index in [1.807, 2.05) is 6.92 Å². The number of nitrogens with zero attached hydrogens (tertiary/aromatic N) is 5. The van der Waals surface area contributed by atoms with Gasteiger partial charge in [-0.05, 0) is 20.3 Å². The number of rotatable bonds is 3. The molecule has 162 valence electrons. The molecule has 0 bridgehead atoms. The zero-order valence-electron chi connectivity index (χ0n) is 17.2. The summed E-state index contributed by atoms with van der Waals surface area (Å²) in [5.74, 6) is -0.257. The van der Waals surface area contributed by atoms with Crippen LogP contribution in [-0.4, -0.2) is 90.2 Å². The maximum absolute atomic E-state index is 13.2. The third kappa shape index (κ3) is 4.38. The van der Waals surface area contributed by atoms with Crippen LogP contribution in [0.25, 0.3) is 0 Å². The van der Waals surface area contributed by atoms with Gasteiger partial charge in [-0.2, -0.15) is 22.5 Å². The Morgan fingerprint density at radius 1 is 1.21 bits per heavy atom. The second-order valence-electron chi connectivity index (χ2n) is 7.30. The molecule has 2 amide bonds. The molecule has 2 aliphatic rings. The maximum atomic E-state index is 13.2. The molecular weight excluding hydrogens is 400 g/mol. The number of aryl methyl sites for hydroxylation is 2. The van der Waals surface area contributed by atoms with Crippen molar-refractivity contribution in [1.82, 2.24) is 28.6 Å². The summed E-state index contributed by atoms with van der Waals surface area (Å²) in [6.07, 6.45) is 1.68. The van der Waals surface area contributed by atoms with Gasteiger partial charge < -0.3 is 14.5 Å². The van der Waals surface area contributed by atoms with Gasteiger partial charge in [0.1, 0.15) is 6.04 Å². The summed E-state index contributed by atoms with van der Waals surface area (Å²) in [7, 11) is -0.638. The van der Waals surface area contributed by atoms with Gasteiger partial charge in [0.15, 0.2) is 0 Å². The van der Waals surface area contributed by atoms with Crippen molar-refractivity contribution in [3.05, 3.63) is 17.5 Å². The average molecular weight is 429 g/mol. The monoisotopic (exact) mass is 428 g/mol. The Kier molecular flexibility index (Phi) is 6.15. The highest BCUT2D eigenvalue weighted by atomic mass is 32.2. The zero-order chi connectivity index (χ0) is 21.3. The number of hydrogen-bond donors (Lipinski definition) is 1. The lowest BCUT2D eigenvalue weighted by atomic mass is 9.99. The van der Waals surface area contributed by atoms with Crippen LogP contribution < -0.4 is 4.72 Å². The molecule has 1 N–H and O–H groups in total. The number of piperazine rings is 1. The quantitative estimate of drug-likeness (QED) is 0.701. The first kappa shape index (κ1) is 21.5. The van der Waals surface area contributed by atoms with E-state index < -0.39 is 28.4 Å². The molecule has 3 heterocycles. The van der Waals surface area contributed by atoms with Crippen LogP contribution in [0.3, 0.4) is 0 Å². The summed E-state index contributed by atoms with van der Waals surface area (Å²) < 4.78 is 35.6.